The lowest BCUT2D eigenvalue weighted by molar-refractivity contribution is 0.286. The van der Waals surface area contributed by atoms with Gasteiger partial charge in [-0.2, -0.15) is 0 Å². The molecule has 3 heteroatoms. The maximum absolute atomic E-state index is 4.80. The van der Waals surface area contributed by atoms with Crippen molar-refractivity contribution in [1.82, 2.24) is 9.80 Å². The van der Waals surface area contributed by atoms with Crippen molar-refractivity contribution in [3.8, 4) is 0 Å². The van der Waals surface area contributed by atoms with E-state index in [2.05, 4.69) is 86.3 Å². The van der Waals surface area contributed by atoms with E-state index in [0.29, 0.717) is 5.92 Å². The predicted molar refractivity (Wildman–Crippen MR) is 126 cm³/mol. The summed E-state index contributed by atoms with van der Waals surface area (Å²) >= 11 is 0. The van der Waals surface area contributed by atoms with Crippen molar-refractivity contribution >= 4 is 11.4 Å². The van der Waals surface area contributed by atoms with Crippen LogP contribution in [0, 0.1) is 5.92 Å². The molecular weight excluding hydrogens is 354 g/mol. The molecule has 0 bridgehead atoms. The van der Waals surface area contributed by atoms with E-state index in [9.17, 15) is 0 Å². The molecule has 1 aromatic rings. The van der Waals surface area contributed by atoms with Gasteiger partial charge < -0.3 is 9.80 Å². The van der Waals surface area contributed by atoms with E-state index in [1.165, 1.54) is 41.7 Å². The normalized spacial score (nSPS) is 16.1. The van der Waals surface area contributed by atoms with Gasteiger partial charge in [-0.1, -0.05) is 58.4 Å². The van der Waals surface area contributed by atoms with Gasteiger partial charge in [-0.3, -0.25) is 4.99 Å². The molecule has 0 amide bonds. The Morgan fingerprint density at radius 1 is 1.03 bits per heavy atom. The number of amidine groups is 1. The number of fused-ring (bicyclic) bond motifs is 1. The molecule has 2 aliphatic heterocycles. The second-order valence-corrected chi connectivity index (χ2v) is 8.62. The van der Waals surface area contributed by atoms with Crippen LogP contribution in [0.1, 0.15) is 58.1 Å². The number of hydrogen-bond acceptors (Lipinski definition) is 3. The van der Waals surface area contributed by atoms with Crippen molar-refractivity contribution in [2.45, 2.75) is 53.4 Å². The Labute approximate surface area is 177 Å². The fourth-order valence-corrected chi connectivity index (χ4v) is 3.90. The third kappa shape index (κ3) is 6.17. The monoisotopic (exact) mass is 391 g/mol. The minimum Gasteiger partial charge on any atom is -0.308 e. The van der Waals surface area contributed by atoms with E-state index >= 15 is 0 Å². The van der Waals surface area contributed by atoms with Gasteiger partial charge in [0.1, 0.15) is 5.84 Å². The summed E-state index contributed by atoms with van der Waals surface area (Å²) in [7, 11) is 0. The van der Waals surface area contributed by atoms with Gasteiger partial charge >= 0.3 is 0 Å². The fourth-order valence-electron chi connectivity index (χ4n) is 3.90. The number of unbranched alkanes of at least 4 members (excludes halogenated alkanes) is 1. The molecule has 0 radical (unpaired) electrons. The molecule has 0 saturated carbocycles. The Kier molecular flexibility index (Phi) is 7.88. The lowest BCUT2D eigenvalue weighted by Crippen LogP contribution is -2.29. The summed E-state index contributed by atoms with van der Waals surface area (Å²) in [6.07, 6.45) is 13.6. The summed E-state index contributed by atoms with van der Waals surface area (Å²) in [4.78, 5) is 9.56. The molecule has 2 aliphatic rings. The standard InChI is InChI=1S/C26H37N3/c1-5-7-15-28(6-2)16-14-23-18-27-26-13-12-25(20-29(26)19-23)24-10-8-22(9-11-24)17-21(3)4/h8-13,19-21H,5-7,14-18H2,1-4H3. The highest BCUT2D eigenvalue weighted by Crippen LogP contribution is 2.25. The Morgan fingerprint density at radius 3 is 2.52 bits per heavy atom. The van der Waals surface area contributed by atoms with E-state index in [0.717, 1.165) is 38.3 Å². The zero-order valence-corrected chi connectivity index (χ0v) is 18.7. The average Bonchev–Trinajstić information content (AvgIpc) is 2.73. The van der Waals surface area contributed by atoms with Gasteiger partial charge in [0.15, 0.2) is 0 Å². The predicted octanol–water partition coefficient (Wildman–Crippen LogP) is 5.91. The smallest absolute Gasteiger partial charge is 0.131 e. The molecule has 3 rings (SSSR count). The second kappa shape index (κ2) is 10.6. The van der Waals surface area contributed by atoms with E-state index in [4.69, 9.17) is 4.99 Å². The minimum atomic E-state index is 0.691. The van der Waals surface area contributed by atoms with Crippen LogP contribution in [0.4, 0.5) is 0 Å². The van der Waals surface area contributed by atoms with Crippen molar-refractivity contribution in [2.24, 2.45) is 10.9 Å². The quantitative estimate of drug-likeness (QED) is 0.494. The van der Waals surface area contributed by atoms with Crippen molar-refractivity contribution in [3.63, 3.8) is 0 Å². The topological polar surface area (TPSA) is 18.8 Å². The van der Waals surface area contributed by atoms with Crippen LogP contribution in [0.2, 0.25) is 0 Å². The van der Waals surface area contributed by atoms with Crippen molar-refractivity contribution in [3.05, 3.63) is 65.5 Å². The summed E-state index contributed by atoms with van der Waals surface area (Å²) in [5.41, 5.74) is 5.35. The van der Waals surface area contributed by atoms with Gasteiger partial charge in [0.05, 0.1) is 6.54 Å². The third-order valence-electron chi connectivity index (χ3n) is 5.68. The van der Waals surface area contributed by atoms with E-state index in [1.807, 2.05) is 0 Å². The Balaban J connectivity index is 1.65. The van der Waals surface area contributed by atoms with Gasteiger partial charge in [-0.25, -0.2) is 0 Å². The molecule has 3 nitrogen and oxygen atoms in total. The molecule has 0 fully saturated rings. The molecule has 0 aliphatic carbocycles. The summed E-state index contributed by atoms with van der Waals surface area (Å²) < 4.78 is 0. The molecule has 0 saturated heterocycles. The zero-order valence-electron chi connectivity index (χ0n) is 18.7. The number of rotatable bonds is 10. The average molecular weight is 392 g/mol. The van der Waals surface area contributed by atoms with Crippen LogP contribution in [-0.4, -0.2) is 41.8 Å². The third-order valence-corrected chi connectivity index (χ3v) is 5.68. The Hall–Kier alpha value is -2.13. The van der Waals surface area contributed by atoms with Crippen LogP contribution in [0.3, 0.4) is 0 Å². The fraction of sp³-hybridized carbons (Fsp3) is 0.500. The van der Waals surface area contributed by atoms with E-state index in [-0.39, 0.29) is 0 Å². The first-order chi connectivity index (χ1) is 14.1. The van der Waals surface area contributed by atoms with Crippen LogP contribution in [0.5, 0.6) is 0 Å². The molecule has 156 valence electrons. The van der Waals surface area contributed by atoms with Crippen LogP contribution in [0.25, 0.3) is 5.57 Å². The van der Waals surface area contributed by atoms with E-state index < -0.39 is 0 Å². The van der Waals surface area contributed by atoms with Gasteiger partial charge in [-0.05, 0) is 72.7 Å². The first-order valence-electron chi connectivity index (χ1n) is 11.3. The van der Waals surface area contributed by atoms with Crippen LogP contribution < -0.4 is 0 Å². The molecular formula is C26H37N3. The summed E-state index contributed by atoms with van der Waals surface area (Å²) in [6.45, 7) is 13.4. The van der Waals surface area contributed by atoms with Gasteiger partial charge in [-0.15, -0.1) is 0 Å². The number of benzene rings is 1. The first kappa shape index (κ1) is 21.6. The van der Waals surface area contributed by atoms with Gasteiger partial charge in [0, 0.05) is 18.9 Å². The number of hydrogen-bond donors (Lipinski definition) is 0. The molecule has 2 heterocycles. The molecule has 0 aromatic heterocycles. The van der Waals surface area contributed by atoms with Gasteiger partial charge in [0.25, 0.3) is 0 Å². The number of aliphatic imine (C=N–C) groups is 1. The highest BCUT2D eigenvalue weighted by Gasteiger charge is 2.17. The minimum absolute atomic E-state index is 0.691. The lowest BCUT2D eigenvalue weighted by Gasteiger charge is -2.27. The van der Waals surface area contributed by atoms with E-state index in [1.54, 1.807) is 0 Å². The highest BCUT2D eigenvalue weighted by molar-refractivity contribution is 6.00. The lowest BCUT2D eigenvalue weighted by atomic mass is 9.98. The number of nitrogens with zero attached hydrogens (tertiary/aromatic N) is 3. The number of allylic oxidation sites excluding steroid dienone is 2. The summed E-state index contributed by atoms with van der Waals surface area (Å²) in [5.74, 6) is 1.74. The van der Waals surface area contributed by atoms with Crippen molar-refractivity contribution in [1.29, 1.82) is 0 Å². The maximum atomic E-state index is 4.80. The molecule has 0 unspecified atom stereocenters. The van der Waals surface area contributed by atoms with Crippen LogP contribution in [0.15, 0.2) is 59.4 Å². The highest BCUT2D eigenvalue weighted by atomic mass is 15.2. The largest absolute Gasteiger partial charge is 0.308 e. The molecule has 0 N–H and O–H groups in total. The Bertz CT molecular complexity index is 781. The molecule has 0 atom stereocenters. The molecule has 29 heavy (non-hydrogen) atoms. The zero-order chi connectivity index (χ0) is 20.6. The first-order valence-corrected chi connectivity index (χ1v) is 11.3. The van der Waals surface area contributed by atoms with Gasteiger partial charge in [0.2, 0.25) is 0 Å². The summed E-state index contributed by atoms with van der Waals surface area (Å²) in [6, 6.07) is 9.02. The van der Waals surface area contributed by atoms with Crippen LogP contribution >= 0.6 is 0 Å². The molecule has 0 spiro atoms. The molecule has 1 aromatic carbocycles. The Morgan fingerprint density at radius 2 is 1.83 bits per heavy atom. The second-order valence-electron chi connectivity index (χ2n) is 8.62. The van der Waals surface area contributed by atoms with Crippen molar-refractivity contribution in [2.75, 3.05) is 26.2 Å². The SMILES string of the molecule is CCCCN(CC)CCC1=CN2C=C(c3ccc(CC(C)C)cc3)C=CC2=NC1. The summed E-state index contributed by atoms with van der Waals surface area (Å²) in [5, 5.41) is 0. The maximum Gasteiger partial charge on any atom is 0.131 e. The van der Waals surface area contributed by atoms with Crippen molar-refractivity contribution < 1.29 is 0 Å². The van der Waals surface area contributed by atoms with Crippen LogP contribution in [-0.2, 0) is 6.42 Å².